The Bertz CT molecular complexity index is 691. The molecule has 1 fully saturated rings. The molecular weight excluding hydrogens is 471 g/mol. The molecule has 0 saturated heterocycles. The molecule has 3 rings (SSSR count). The van der Waals surface area contributed by atoms with Gasteiger partial charge in [0.25, 0.3) is 0 Å². The molecule has 0 atom stereocenters. The van der Waals surface area contributed by atoms with Crippen LogP contribution in [0.25, 0.3) is 0 Å². The van der Waals surface area contributed by atoms with E-state index in [2.05, 4.69) is 54.8 Å². The van der Waals surface area contributed by atoms with Crippen LogP contribution in [0.15, 0.2) is 28.8 Å². The summed E-state index contributed by atoms with van der Waals surface area (Å²) in [5.74, 6) is 1.89. The van der Waals surface area contributed by atoms with E-state index in [4.69, 9.17) is 0 Å². The van der Waals surface area contributed by atoms with Crippen molar-refractivity contribution in [3.05, 3.63) is 34.5 Å². The molecule has 1 aliphatic carbocycles. The van der Waals surface area contributed by atoms with Crippen LogP contribution in [0.3, 0.4) is 0 Å². The molecule has 0 radical (unpaired) electrons. The van der Waals surface area contributed by atoms with Gasteiger partial charge in [0.2, 0.25) is 0 Å². The van der Waals surface area contributed by atoms with Crippen molar-refractivity contribution in [2.75, 3.05) is 20.1 Å². The Morgan fingerprint density at radius 2 is 2.11 bits per heavy atom. The van der Waals surface area contributed by atoms with Gasteiger partial charge >= 0.3 is 0 Å². The highest BCUT2D eigenvalue weighted by Crippen LogP contribution is 2.41. The first kappa shape index (κ1) is 22.1. The van der Waals surface area contributed by atoms with Gasteiger partial charge in [-0.25, -0.2) is 0 Å². The zero-order valence-electron chi connectivity index (χ0n) is 16.3. The van der Waals surface area contributed by atoms with Crippen molar-refractivity contribution < 1.29 is 0 Å². The zero-order chi connectivity index (χ0) is 18.2. The third-order valence-electron chi connectivity index (χ3n) is 5.33. The van der Waals surface area contributed by atoms with E-state index < -0.39 is 0 Å². The average molecular weight is 502 g/mol. The summed E-state index contributed by atoms with van der Waals surface area (Å²) < 4.78 is 2.09. The van der Waals surface area contributed by atoms with E-state index in [1.165, 1.54) is 37.0 Å². The summed E-state index contributed by atoms with van der Waals surface area (Å²) in [6, 6.07) is 4.47. The van der Waals surface area contributed by atoms with E-state index in [0.717, 1.165) is 37.8 Å². The van der Waals surface area contributed by atoms with Gasteiger partial charge in [-0.05, 0) is 24.3 Å². The molecule has 6 nitrogen and oxygen atoms in total. The van der Waals surface area contributed by atoms with Crippen LogP contribution in [0.4, 0.5) is 0 Å². The number of aromatic nitrogens is 3. The minimum Gasteiger partial charge on any atom is -0.355 e. The van der Waals surface area contributed by atoms with E-state index in [1.54, 1.807) is 6.33 Å². The van der Waals surface area contributed by atoms with Crippen molar-refractivity contribution in [3.63, 3.8) is 0 Å². The maximum absolute atomic E-state index is 4.40. The van der Waals surface area contributed by atoms with Crippen molar-refractivity contribution in [1.29, 1.82) is 0 Å². The predicted molar refractivity (Wildman–Crippen MR) is 123 cm³/mol. The molecule has 0 unspecified atom stereocenters. The van der Waals surface area contributed by atoms with Crippen LogP contribution < -0.4 is 10.6 Å². The number of nitrogens with one attached hydrogen (secondary N) is 2. The molecule has 2 aromatic rings. The van der Waals surface area contributed by atoms with Gasteiger partial charge in [0.05, 0.1) is 0 Å². The summed E-state index contributed by atoms with van der Waals surface area (Å²) >= 11 is 1.89. The Kier molecular flexibility index (Phi) is 9.01. The smallest absolute Gasteiger partial charge is 0.191 e. The number of rotatable bonds is 7. The molecule has 0 spiro atoms. The number of aryl methyl sites for hydroxylation is 1. The fourth-order valence-electron chi connectivity index (χ4n) is 3.83. The van der Waals surface area contributed by atoms with Crippen molar-refractivity contribution in [3.8, 4) is 0 Å². The molecule has 2 N–H and O–H groups in total. The van der Waals surface area contributed by atoms with E-state index >= 15 is 0 Å². The van der Waals surface area contributed by atoms with Crippen molar-refractivity contribution in [1.82, 2.24) is 25.4 Å². The van der Waals surface area contributed by atoms with Gasteiger partial charge in [0.15, 0.2) is 5.96 Å². The van der Waals surface area contributed by atoms with Crippen molar-refractivity contribution in [2.45, 2.75) is 57.4 Å². The van der Waals surface area contributed by atoms with Gasteiger partial charge in [0, 0.05) is 43.4 Å². The maximum Gasteiger partial charge on any atom is 0.191 e. The third kappa shape index (κ3) is 5.66. The molecular formula is C19H31IN6S. The number of hydrogen-bond donors (Lipinski definition) is 2. The molecule has 8 heteroatoms. The normalized spacial score (nSPS) is 16.6. The van der Waals surface area contributed by atoms with Gasteiger partial charge in [0.1, 0.15) is 12.2 Å². The molecule has 0 aromatic carbocycles. The Morgan fingerprint density at radius 3 is 2.78 bits per heavy atom. The van der Waals surface area contributed by atoms with Crippen LogP contribution in [-0.2, 0) is 18.4 Å². The number of aliphatic imine (C=N–C) groups is 1. The quantitative estimate of drug-likeness (QED) is 0.345. The van der Waals surface area contributed by atoms with Gasteiger partial charge < -0.3 is 15.2 Å². The van der Waals surface area contributed by atoms with Crippen molar-refractivity contribution in [2.24, 2.45) is 4.99 Å². The molecule has 2 heterocycles. The summed E-state index contributed by atoms with van der Waals surface area (Å²) in [6.07, 6.45) is 9.22. The summed E-state index contributed by atoms with van der Waals surface area (Å²) in [5.41, 5.74) is 0.258. The molecule has 1 aliphatic rings. The van der Waals surface area contributed by atoms with E-state index in [-0.39, 0.29) is 29.4 Å². The molecule has 150 valence electrons. The Labute approximate surface area is 183 Å². The second-order valence-electron chi connectivity index (χ2n) is 6.96. The summed E-state index contributed by atoms with van der Waals surface area (Å²) in [6.45, 7) is 4.69. The number of nitrogens with zero attached hydrogens (tertiary/aromatic N) is 4. The van der Waals surface area contributed by atoms with Gasteiger partial charge in [-0.1, -0.05) is 32.3 Å². The third-order valence-corrected chi connectivity index (χ3v) is 6.45. The first-order valence-electron chi connectivity index (χ1n) is 9.62. The molecule has 0 aliphatic heterocycles. The highest BCUT2D eigenvalue weighted by Gasteiger charge is 2.34. The number of halogens is 1. The molecule has 27 heavy (non-hydrogen) atoms. The van der Waals surface area contributed by atoms with Crippen LogP contribution in [0.5, 0.6) is 0 Å². The lowest BCUT2D eigenvalue weighted by Crippen LogP contribution is -2.46. The lowest BCUT2D eigenvalue weighted by Gasteiger charge is -2.37. The molecule has 2 aromatic heterocycles. The second kappa shape index (κ2) is 11.0. The van der Waals surface area contributed by atoms with Crippen LogP contribution in [0.2, 0.25) is 0 Å². The summed E-state index contributed by atoms with van der Waals surface area (Å²) in [7, 11) is 1.84. The molecule has 1 saturated carbocycles. The van der Waals surface area contributed by atoms with Crippen molar-refractivity contribution >= 4 is 41.3 Å². The number of hydrogen-bond acceptors (Lipinski definition) is 4. The van der Waals surface area contributed by atoms with Crippen LogP contribution in [0.1, 0.15) is 49.7 Å². The highest BCUT2D eigenvalue weighted by molar-refractivity contribution is 14.0. The molecule has 0 bridgehead atoms. The topological polar surface area (TPSA) is 67.1 Å². The minimum atomic E-state index is 0. The van der Waals surface area contributed by atoms with E-state index in [1.807, 2.05) is 18.4 Å². The van der Waals surface area contributed by atoms with Crippen LogP contribution in [0, 0.1) is 0 Å². The summed E-state index contributed by atoms with van der Waals surface area (Å²) in [4.78, 5) is 5.91. The molecule has 0 amide bonds. The number of guanidine groups is 1. The SMILES string of the molecule is CCc1nncn1CCNC(=NC)NCC1(c2cccs2)CCCCC1.I. The van der Waals surface area contributed by atoms with Gasteiger partial charge in [-0.2, -0.15) is 0 Å². The van der Waals surface area contributed by atoms with Gasteiger partial charge in [-0.3, -0.25) is 4.99 Å². The first-order chi connectivity index (χ1) is 12.8. The highest BCUT2D eigenvalue weighted by atomic mass is 127. The standard InChI is InChI=1S/C19H30N6S.HI/c1-3-17-24-23-15-25(17)12-11-21-18(20-2)22-14-19(9-5-4-6-10-19)16-8-7-13-26-16;/h7-8,13,15H,3-6,9-12,14H2,1-2H3,(H2,20,21,22);1H. The summed E-state index contributed by atoms with van der Waals surface area (Å²) in [5, 5.41) is 17.3. The second-order valence-corrected chi connectivity index (χ2v) is 7.91. The predicted octanol–water partition coefficient (Wildman–Crippen LogP) is 3.59. The van der Waals surface area contributed by atoms with Gasteiger partial charge in [-0.15, -0.1) is 45.5 Å². The Hall–Kier alpha value is -1.16. The van der Waals surface area contributed by atoms with E-state index in [9.17, 15) is 0 Å². The average Bonchev–Trinajstić information content (AvgIpc) is 3.37. The van der Waals surface area contributed by atoms with Crippen LogP contribution in [-0.4, -0.2) is 40.9 Å². The fraction of sp³-hybridized carbons (Fsp3) is 0.632. The largest absolute Gasteiger partial charge is 0.355 e. The fourth-order valence-corrected chi connectivity index (χ4v) is 4.81. The first-order valence-corrected chi connectivity index (χ1v) is 10.5. The van der Waals surface area contributed by atoms with Crippen LogP contribution >= 0.6 is 35.3 Å². The lowest BCUT2D eigenvalue weighted by molar-refractivity contribution is 0.296. The lowest BCUT2D eigenvalue weighted by atomic mass is 9.73. The Balaban J connectivity index is 0.00000261. The zero-order valence-corrected chi connectivity index (χ0v) is 19.4. The monoisotopic (exact) mass is 502 g/mol. The Morgan fingerprint density at radius 1 is 1.30 bits per heavy atom. The maximum atomic E-state index is 4.40. The minimum absolute atomic E-state index is 0. The number of thiophene rings is 1. The van der Waals surface area contributed by atoms with E-state index in [0.29, 0.717) is 0 Å².